The van der Waals surface area contributed by atoms with Crippen molar-refractivity contribution in [2.45, 2.75) is 39.8 Å². The third-order valence-electron chi connectivity index (χ3n) is 0.945. The normalized spacial score (nSPS) is 16.8. The Kier molecular flexibility index (Phi) is 5.58. The molecule has 1 N–H and O–H groups in total. The Labute approximate surface area is 62.0 Å². The highest BCUT2D eigenvalue weighted by molar-refractivity contribution is 4.33. The predicted molar refractivity (Wildman–Crippen MR) is 38.5 cm³/mol. The molecule has 2 unspecified atom stereocenters. The summed E-state index contributed by atoms with van der Waals surface area (Å²) in [7, 11) is 0. The van der Waals surface area contributed by atoms with Gasteiger partial charge in [0, 0.05) is 6.61 Å². The molecule has 0 radical (unpaired) electrons. The van der Waals surface area contributed by atoms with Gasteiger partial charge >= 0.3 is 0 Å². The highest BCUT2D eigenvalue weighted by Crippen LogP contribution is 1.97. The lowest BCUT2D eigenvalue weighted by Crippen LogP contribution is -2.19. The average Bonchev–Trinajstić information content (AvgIpc) is 1.82. The monoisotopic (exact) mass is 148 g/mol. The predicted octanol–water partition coefficient (Wildman–Crippen LogP) is 1.11. The van der Waals surface area contributed by atoms with Crippen LogP contribution in [0.3, 0.4) is 0 Å². The lowest BCUT2D eigenvalue weighted by Gasteiger charge is -2.14. The van der Waals surface area contributed by atoms with Gasteiger partial charge in [0.15, 0.2) is 12.6 Å². The van der Waals surface area contributed by atoms with Crippen molar-refractivity contribution >= 4 is 0 Å². The molecule has 0 amide bonds. The number of rotatable bonds is 5. The van der Waals surface area contributed by atoms with Gasteiger partial charge in [0.25, 0.3) is 0 Å². The lowest BCUT2D eigenvalue weighted by atomic mass is 10.5. The summed E-state index contributed by atoms with van der Waals surface area (Å²) < 4.78 is 10.0. The van der Waals surface area contributed by atoms with Gasteiger partial charge in [0.1, 0.15) is 0 Å². The number of aliphatic hydroxyl groups excluding tert-OH is 1. The van der Waals surface area contributed by atoms with Crippen molar-refractivity contribution in [3.63, 3.8) is 0 Å². The molecule has 0 heterocycles. The van der Waals surface area contributed by atoms with E-state index in [0.29, 0.717) is 6.61 Å². The van der Waals surface area contributed by atoms with E-state index in [2.05, 4.69) is 0 Å². The Morgan fingerprint density at radius 1 is 1.40 bits per heavy atom. The zero-order chi connectivity index (χ0) is 7.98. The van der Waals surface area contributed by atoms with Crippen LogP contribution in [0.15, 0.2) is 0 Å². The molecular weight excluding hydrogens is 132 g/mol. The average molecular weight is 148 g/mol. The molecule has 0 aromatic heterocycles. The molecule has 2 atom stereocenters. The second-order valence-electron chi connectivity index (χ2n) is 2.17. The summed E-state index contributed by atoms with van der Waals surface area (Å²) in [6, 6.07) is 0. The molecule has 0 aliphatic carbocycles. The fourth-order valence-electron chi connectivity index (χ4n) is 0.600. The van der Waals surface area contributed by atoms with Crippen molar-refractivity contribution in [1.29, 1.82) is 0 Å². The quantitative estimate of drug-likeness (QED) is 0.594. The van der Waals surface area contributed by atoms with E-state index in [1.54, 1.807) is 13.8 Å². The Bertz CT molecular complexity index is 73.3. The zero-order valence-electron chi connectivity index (χ0n) is 6.83. The topological polar surface area (TPSA) is 38.7 Å². The smallest absolute Gasteiger partial charge is 0.157 e. The highest BCUT2D eigenvalue weighted by atomic mass is 16.7. The van der Waals surface area contributed by atoms with E-state index in [9.17, 15) is 0 Å². The number of ether oxygens (including phenoxy) is 2. The van der Waals surface area contributed by atoms with Crippen LogP contribution in [-0.4, -0.2) is 24.3 Å². The third-order valence-corrected chi connectivity index (χ3v) is 0.945. The molecule has 3 heteroatoms. The van der Waals surface area contributed by atoms with Crippen molar-refractivity contribution in [3.05, 3.63) is 0 Å². The molecule has 10 heavy (non-hydrogen) atoms. The number of aliphatic hydroxyl groups is 1. The summed E-state index contributed by atoms with van der Waals surface area (Å²) >= 11 is 0. The molecule has 3 nitrogen and oxygen atoms in total. The van der Waals surface area contributed by atoms with Gasteiger partial charge in [-0.1, -0.05) is 6.92 Å². The molecule has 0 aromatic carbocycles. The first-order valence-corrected chi connectivity index (χ1v) is 3.62. The van der Waals surface area contributed by atoms with Gasteiger partial charge in [-0.15, -0.1) is 0 Å². The van der Waals surface area contributed by atoms with Crippen LogP contribution in [0.25, 0.3) is 0 Å². The fourth-order valence-corrected chi connectivity index (χ4v) is 0.600. The first kappa shape index (κ1) is 9.88. The van der Waals surface area contributed by atoms with Crippen LogP contribution in [0.2, 0.25) is 0 Å². The lowest BCUT2D eigenvalue weighted by molar-refractivity contribution is -0.213. The van der Waals surface area contributed by atoms with E-state index >= 15 is 0 Å². The van der Waals surface area contributed by atoms with E-state index < -0.39 is 6.29 Å². The summed E-state index contributed by atoms with van der Waals surface area (Å²) in [5, 5.41) is 8.72. The highest BCUT2D eigenvalue weighted by Gasteiger charge is 2.03. The Hall–Kier alpha value is -0.120. The summed E-state index contributed by atoms with van der Waals surface area (Å²) in [4.78, 5) is 0. The third kappa shape index (κ3) is 6.01. The van der Waals surface area contributed by atoms with Crippen LogP contribution in [0.4, 0.5) is 0 Å². The van der Waals surface area contributed by atoms with Gasteiger partial charge < -0.3 is 14.6 Å². The van der Waals surface area contributed by atoms with Crippen LogP contribution in [0, 0.1) is 0 Å². The van der Waals surface area contributed by atoms with Crippen LogP contribution >= 0.6 is 0 Å². The van der Waals surface area contributed by atoms with E-state index in [1.807, 2.05) is 6.92 Å². The maximum atomic E-state index is 8.72. The van der Waals surface area contributed by atoms with Crippen molar-refractivity contribution in [1.82, 2.24) is 0 Å². The molecule has 0 bridgehead atoms. The number of hydrogen-bond donors (Lipinski definition) is 1. The molecule has 0 saturated heterocycles. The van der Waals surface area contributed by atoms with Gasteiger partial charge in [0.05, 0.1) is 0 Å². The van der Waals surface area contributed by atoms with Crippen molar-refractivity contribution < 1.29 is 14.6 Å². The fraction of sp³-hybridized carbons (Fsp3) is 1.00. The van der Waals surface area contributed by atoms with Gasteiger partial charge in [-0.3, -0.25) is 0 Å². The molecule has 0 aliphatic heterocycles. The Morgan fingerprint density at radius 2 is 2.00 bits per heavy atom. The van der Waals surface area contributed by atoms with E-state index in [-0.39, 0.29) is 6.29 Å². The summed E-state index contributed by atoms with van der Waals surface area (Å²) in [5.74, 6) is 0. The molecule has 0 fully saturated rings. The molecule has 0 saturated carbocycles. The summed E-state index contributed by atoms with van der Waals surface area (Å²) in [6.07, 6.45) is -0.0835. The minimum atomic E-state index is -0.744. The number of hydrogen-bond acceptors (Lipinski definition) is 3. The Balaban J connectivity index is 3.16. The van der Waals surface area contributed by atoms with Crippen molar-refractivity contribution in [2.75, 3.05) is 6.61 Å². The van der Waals surface area contributed by atoms with E-state index in [0.717, 1.165) is 6.42 Å². The molecule has 0 spiro atoms. The van der Waals surface area contributed by atoms with Gasteiger partial charge in [-0.2, -0.15) is 0 Å². The zero-order valence-corrected chi connectivity index (χ0v) is 6.83. The maximum Gasteiger partial charge on any atom is 0.157 e. The van der Waals surface area contributed by atoms with Crippen molar-refractivity contribution in [2.24, 2.45) is 0 Å². The van der Waals surface area contributed by atoms with Crippen LogP contribution < -0.4 is 0 Å². The minimum absolute atomic E-state index is 0.306. The summed E-state index contributed by atoms with van der Waals surface area (Å²) in [5.41, 5.74) is 0. The van der Waals surface area contributed by atoms with E-state index in [4.69, 9.17) is 14.6 Å². The van der Waals surface area contributed by atoms with Gasteiger partial charge in [-0.25, -0.2) is 0 Å². The standard InChI is InChI=1S/C7H16O3/c1-4-5-9-7(3)10-6(2)8/h6-8H,4-5H2,1-3H3. The van der Waals surface area contributed by atoms with Crippen LogP contribution in [0.5, 0.6) is 0 Å². The minimum Gasteiger partial charge on any atom is -0.368 e. The van der Waals surface area contributed by atoms with Crippen molar-refractivity contribution in [3.8, 4) is 0 Å². The molecule has 0 aliphatic rings. The van der Waals surface area contributed by atoms with Gasteiger partial charge in [-0.05, 0) is 20.3 Å². The second-order valence-corrected chi connectivity index (χ2v) is 2.17. The second kappa shape index (κ2) is 5.65. The molecular formula is C7H16O3. The molecule has 62 valence electrons. The Morgan fingerprint density at radius 3 is 2.40 bits per heavy atom. The first-order chi connectivity index (χ1) is 4.66. The van der Waals surface area contributed by atoms with Gasteiger partial charge in [0.2, 0.25) is 0 Å². The SMILES string of the molecule is CCCOC(C)OC(C)O. The van der Waals surface area contributed by atoms with E-state index in [1.165, 1.54) is 0 Å². The molecule has 0 rings (SSSR count). The largest absolute Gasteiger partial charge is 0.368 e. The summed E-state index contributed by atoms with van der Waals surface area (Å²) in [6.45, 7) is 6.02. The molecule has 0 aromatic rings. The maximum absolute atomic E-state index is 8.72. The van der Waals surface area contributed by atoms with Crippen LogP contribution in [-0.2, 0) is 9.47 Å². The van der Waals surface area contributed by atoms with Crippen LogP contribution in [0.1, 0.15) is 27.2 Å². The first-order valence-electron chi connectivity index (χ1n) is 3.62.